The summed E-state index contributed by atoms with van der Waals surface area (Å²) in [5.41, 5.74) is 0. The lowest BCUT2D eigenvalue weighted by Gasteiger charge is -2.30. The number of alkyl halides is 2. The van der Waals surface area contributed by atoms with Crippen LogP contribution in [0.5, 0.6) is 0 Å². The molecule has 1 saturated carbocycles. The van der Waals surface area contributed by atoms with Crippen LogP contribution in [-0.2, 0) is 0 Å². The highest BCUT2D eigenvalue weighted by Crippen LogP contribution is 2.59. The van der Waals surface area contributed by atoms with E-state index in [4.69, 9.17) is 5.11 Å². The zero-order valence-electron chi connectivity index (χ0n) is 9.55. The first-order valence-corrected chi connectivity index (χ1v) is 5.79. The lowest BCUT2D eigenvalue weighted by molar-refractivity contribution is 0.0641. The Kier molecular flexibility index (Phi) is 2.20. The van der Waals surface area contributed by atoms with E-state index in [0.29, 0.717) is 13.1 Å². The van der Waals surface area contributed by atoms with Gasteiger partial charge in [0, 0.05) is 19.3 Å². The van der Waals surface area contributed by atoms with Crippen molar-refractivity contribution in [2.45, 2.75) is 19.0 Å². The van der Waals surface area contributed by atoms with Crippen LogP contribution in [0.15, 0.2) is 17.3 Å². The first kappa shape index (κ1) is 11.0. The van der Waals surface area contributed by atoms with E-state index in [1.807, 2.05) is 11.8 Å². The van der Waals surface area contributed by atoms with Gasteiger partial charge in [-0.2, -0.15) is 0 Å². The molecule has 3 atom stereocenters. The molecule has 0 radical (unpaired) electrons. The molecule has 3 aliphatic rings. The molecule has 0 amide bonds. The molecule has 2 fully saturated rings. The lowest BCUT2D eigenvalue weighted by Crippen LogP contribution is -2.38. The molecule has 4 nitrogen and oxygen atoms in total. The second-order valence-corrected chi connectivity index (χ2v) is 4.88. The maximum absolute atomic E-state index is 13.0. The average Bonchev–Trinajstić information content (AvgIpc) is 2.70. The average molecular weight is 243 g/mol. The van der Waals surface area contributed by atoms with Crippen LogP contribution in [0.1, 0.15) is 6.92 Å². The van der Waals surface area contributed by atoms with E-state index in [9.17, 15) is 8.78 Å². The summed E-state index contributed by atoms with van der Waals surface area (Å²) in [5, 5.41) is 9.02. The summed E-state index contributed by atoms with van der Waals surface area (Å²) >= 11 is 0. The zero-order valence-corrected chi connectivity index (χ0v) is 9.55. The summed E-state index contributed by atoms with van der Waals surface area (Å²) in [6.45, 7) is 2.57. The van der Waals surface area contributed by atoms with Crippen molar-refractivity contribution in [2.24, 2.45) is 16.8 Å². The molecule has 3 unspecified atom stereocenters. The van der Waals surface area contributed by atoms with Crippen LogP contribution in [0.4, 0.5) is 8.78 Å². The van der Waals surface area contributed by atoms with Gasteiger partial charge in [-0.15, -0.1) is 0 Å². The van der Waals surface area contributed by atoms with Gasteiger partial charge in [-0.3, -0.25) is 0 Å². The van der Waals surface area contributed by atoms with Crippen LogP contribution in [0, 0.1) is 11.8 Å². The van der Waals surface area contributed by atoms with Crippen molar-refractivity contribution in [3.05, 3.63) is 12.3 Å². The Bertz CT molecular complexity index is 382. The predicted octanol–water partition coefficient (Wildman–Crippen LogP) is 0.707. The number of piperidine rings is 1. The van der Waals surface area contributed by atoms with E-state index in [0.717, 1.165) is 5.84 Å². The fraction of sp³-hybridized carbons (Fsp3) is 0.727. The first-order chi connectivity index (χ1) is 8.04. The molecule has 1 N–H and O–H groups in total. The van der Waals surface area contributed by atoms with Gasteiger partial charge in [0.2, 0.25) is 0 Å². The summed E-state index contributed by atoms with van der Waals surface area (Å²) in [5.74, 6) is -2.65. The van der Waals surface area contributed by atoms with Gasteiger partial charge in [0.25, 0.3) is 5.92 Å². The molecule has 0 bridgehead atoms. The van der Waals surface area contributed by atoms with Gasteiger partial charge in [0.05, 0.1) is 11.8 Å². The number of rotatable bonds is 1. The summed E-state index contributed by atoms with van der Waals surface area (Å²) in [6.07, 6.45) is 3.39. The fourth-order valence-electron chi connectivity index (χ4n) is 2.64. The third-order valence-corrected chi connectivity index (χ3v) is 3.90. The van der Waals surface area contributed by atoms with E-state index < -0.39 is 17.8 Å². The van der Waals surface area contributed by atoms with E-state index in [1.165, 1.54) is 0 Å². The standard InChI is InChI=1S/C11H15F2N3O/c1-7-14-10(2-3-15(7)6-17)16-4-8-9(5-16)11(8,12)13/h2-3,7-9,17H,4-6H2,1H3. The number of hydrogen-bond donors (Lipinski definition) is 1. The number of hydrogen-bond acceptors (Lipinski definition) is 4. The molecule has 1 aliphatic carbocycles. The normalized spacial score (nSPS) is 38.1. The monoisotopic (exact) mass is 243 g/mol. The summed E-state index contributed by atoms with van der Waals surface area (Å²) in [6, 6.07) is 0. The molecule has 94 valence electrons. The predicted molar refractivity (Wildman–Crippen MR) is 58.5 cm³/mol. The van der Waals surface area contributed by atoms with Crippen LogP contribution >= 0.6 is 0 Å². The number of nitrogens with zero attached hydrogens (tertiary/aromatic N) is 3. The quantitative estimate of drug-likeness (QED) is 0.737. The number of amidine groups is 1. The van der Waals surface area contributed by atoms with E-state index in [1.54, 1.807) is 17.2 Å². The van der Waals surface area contributed by atoms with Crippen LogP contribution < -0.4 is 0 Å². The van der Waals surface area contributed by atoms with Gasteiger partial charge < -0.3 is 14.9 Å². The summed E-state index contributed by atoms with van der Waals surface area (Å²) in [7, 11) is 0. The largest absolute Gasteiger partial charge is 0.376 e. The Labute approximate surface area is 98.2 Å². The Morgan fingerprint density at radius 3 is 2.65 bits per heavy atom. The molecular formula is C11H15F2N3O. The molecular weight excluding hydrogens is 228 g/mol. The SMILES string of the molecule is CC1N=C(N2CC3C(C2)C3(F)F)C=CN1CO. The van der Waals surface area contributed by atoms with Crippen LogP contribution in [0.3, 0.4) is 0 Å². The summed E-state index contributed by atoms with van der Waals surface area (Å²) in [4.78, 5) is 7.98. The van der Waals surface area contributed by atoms with Gasteiger partial charge in [-0.1, -0.05) is 0 Å². The topological polar surface area (TPSA) is 39.1 Å². The molecule has 0 aromatic heterocycles. The molecule has 2 aliphatic heterocycles. The maximum atomic E-state index is 13.0. The van der Waals surface area contributed by atoms with Gasteiger partial charge in [-0.25, -0.2) is 13.8 Å². The Morgan fingerprint density at radius 2 is 2.12 bits per heavy atom. The Hall–Kier alpha value is -1.17. The van der Waals surface area contributed by atoms with Crippen LogP contribution in [0.25, 0.3) is 0 Å². The molecule has 17 heavy (non-hydrogen) atoms. The van der Waals surface area contributed by atoms with Gasteiger partial charge in [-0.05, 0) is 13.0 Å². The van der Waals surface area contributed by atoms with Crippen molar-refractivity contribution in [1.29, 1.82) is 0 Å². The number of aliphatic hydroxyl groups is 1. The smallest absolute Gasteiger partial charge is 0.258 e. The maximum Gasteiger partial charge on any atom is 0.258 e. The highest BCUT2D eigenvalue weighted by Gasteiger charge is 2.71. The number of likely N-dealkylation sites (tertiary alicyclic amines) is 1. The van der Waals surface area contributed by atoms with Crippen molar-refractivity contribution in [2.75, 3.05) is 19.8 Å². The molecule has 1 saturated heterocycles. The highest BCUT2D eigenvalue weighted by molar-refractivity contribution is 5.94. The lowest BCUT2D eigenvalue weighted by atomic mass is 10.3. The Balaban J connectivity index is 1.67. The van der Waals surface area contributed by atoms with Crippen molar-refractivity contribution in [1.82, 2.24) is 9.80 Å². The van der Waals surface area contributed by atoms with Crippen LogP contribution in [0.2, 0.25) is 0 Å². The number of halogens is 2. The van der Waals surface area contributed by atoms with Gasteiger partial charge in [0.1, 0.15) is 18.7 Å². The molecule has 6 heteroatoms. The zero-order chi connectivity index (χ0) is 12.2. The fourth-order valence-corrected chi connectivity index (χ4v) is 2.64. The number of aliphatic imine (C=N–C) groups is 1. The minimum absolute atomic E-state index is 0.0855. The highest BCUT2D eigenvalue weighted by atomic mass is 19.3. The van der Waals surface area contributed by atoms with E-state index in [-0.39, 0.29) is 12.9 Å². The minimum atomic E-state index is -2.45. The van der Waals surface area contributed by atoms with Crippen molar-refractivity contribution >= 4 is 5.84 Å². The van der Waals surface area contributed by atoms with Gasteiger partial charge in [0.15, 0.2) is 0 Å². The third-order valence-electron chi connectivity index (χ3n) is 3.90. The molecule has 0 aromatic carbocycles. The van der Waals surface area contributed by atoms with Crippen LogP contribution in [-0.4, -0.2) is 52.7 Å². The van der Waals surface area contributed by atoms with Crippen molar-refractivity contribution < 1.29 is 13.9 Å². The minimum Gasteiger partial charge on any atom is -0.376 e. The second-order valence-electron chi connectivity index (χ2n) is 4.88. The van der Waals surface area contributed by atoms with Gasteiger partial charge >= 0.3 is 0 Å². The molecule has 0 aromatic rings. The van der Waals surface area contributed by atoms with Crippen molar-refractivity contribution in [3.8, 4) is 0 Å². The number of fused-ring (bicyclic) bond motifs is 1. The molecule has 0 spiro atoms. The number of aliphatic hydroxyl groups excluding tert-OH is 1. The third kappa shape index (κ3) is 1.54. The Morgan fingerprint density at radius 1 is 1.47 bits per heavy atom. The van der Waals surface area contributed by atoms with Crippen molar-refractivity contribution in [3.63, 3.8) is 0 Å². The van der Waals surface area contributed by atoms with E-state index in [2.05, 4.69) is 4.99 Å². The molecule has 3 rings (SSSR count). The molecule has 2 heterocycles. The summed E-state index contributed by atoms with van der Waals surface area (Å²) < 4.78 is 26.1. The second kappa shape index (κ2) is 3.41. The van der Waals surface area contributed by atoms with E-state index >= 15 is 0 Å². The first-order valence-electron chi connectivity index (χ1n) is 5.79.